The molecule has 0 unspecified atom stereocenters. The van der Waals surface area contributed by atoms with Crippen LogP contribution in [0.25, 0.3) is 0 Å². The molecule has 0 spiro atoms. The lowest BCUT2D eigenvalue weighted by Crippen LogP contribution is -1.98. The lowest BCUT2D eigenvalue weighted by molar-refractivity contribution is 0.0444. The number of fused-ring (bicyclic) bond motifs is 1. The molecule has 1 heterocycles. The van der Waals surface area contributed by atoms with E-state index in [9.17, 15) is 9.59 Å². The summed E-state index contributed by atoms with van der Waals surface area (Å²) >= 11 is 0. The molecule has 0 aliphatic carbocycles. The van der Waals surface area contributed by atoms with Crippen LogP contribution in [0.15, 0.2) is 18.2 Å². The summed E-state index contributed by atoms with van der Waals surface area (Å²) in [7, 11) is 0. The maximum atomic E-state index is 11.3. The van der Waals surface area contributed by atoms with Gasteiger partial charge in [0.1, 0.15) is 0 Å². The fraction of sp³-hybridized carbons (Fsp3) is 0.0909. The van der Waals surface area contributed by atoms with Crippen molar-refractivity contribution in [2.24, 2.45) is 0 Å². The molecule has 2 rings (SSSR count). The molecule has 0 atom stereocenters. The Hall–Kier alpha value is -2.08. The molecule has 14 heavy (non-hydrogen) atoms. The number of hydrogen-bond donors (Lipinski definition) is 0. The van der Waals surface area contributed by atoms with E-state index in [1.165, 1.54) is 0 Å². The Kier molecular flexibility index (Phi) is 1.83. The number of benzene rings is 1. The molecule has 0 saturated heterocycles. The lowest BCUT2D eigenvalue weighted by atomic mass is 10.0. The van der Waals surface area contributed by atoms with Crippen molar-refractivity contribution < 1.29 is 14.3 Å². The first kappa shape index (κ1) is 8.52. The number of carbonyl (C=O) groups excluding carboxylic acids is 2. The molecule has 0 amide bonds. The largest absolute Gasteiger partial charge is 0.386 e. The van der Waals surface area contributed by atoms with Crippen molar-refractivity contribution in [1.82, 2.24) is 0 Å². The van der Waals surface area contributed by atoms with Crippen LogP contribution in [-0.4, -0.2) is 11.9 Å². The third-order valence-corrected chi connectivity index (χ3v) is 1.93. The van der Waals surface area contributed by atoms with E-state index in [0.29, 0.717) is 11.1 Å². The van der Waals surface area contributed by atoms with Gasteiger partial charge in [-0.05, 0) is 19.1 Å². The van der Waals surface area contributed by atoms with E-state index in [-0.39, 0.29) is 5.56 Å². The van der Waals surface area contributed by atoms with Gasteiger partial charge in [0.2, 0.25) is 0 Å². The predicted octanol–water partition coefficient (Wildman–Crippen LogP) is 1.37. The van der Waals surface area contributed by atoms with Crippen LogP contribution in [0.1, 0.15) is 33.2 Å². The summed E-state index contributed by atoms with van der Waals surface area (Å²) in [5.74, 6) is 4.23. The Morgan fingerprint density at radius 3 is 2.71 bits per heavy atom. The molecule has 0 aromatic heterocycles. The number of esters is 2. The van der Waals surface area contributed by atoms with E-state index in [0.717, 1.165) is 0 Å². The van der Waals surface area contributed by atoms with Crippen LogP contribution in [0, 0.1) is 11.8 Å². The van der Waals surface area contributed by atoms with Crippen LogP contribution in [0.4, 0.5) is 0 Å². The van der Waals surface area contributed by atoms with Gasteiger partial charge in [0, 0.05) is 5.56 Å². The van der Waals surface area contributed by atoms with Gasteiger partial charge in [0.05, 0.1) is 11.1 Å². The number of hydrogen-bond acceptors (Lipinski definition) is 3. The first-order chi connectivity index (χ1) is 6.74. The molecule has 0 N–H and O–H groups in total. The minimum Gasteiger partial charge on any atom is -0.386 e. The second kappa shape index (κ2) is 3.00. The normalized spacial score (nSPS) is 12.9. The van der Waals surface area contributed by atoms with Crippen molar-refractivity contribution in [3.8, 4) is 11.8 Å². The zero-order chi connectivity index (χ0) is 10.1. The van der Waals surface area contributed by atoms with Gasteiger partial charge in [-0.1, -0.05) is 12.0 Å². The standard InChI is InChI=1S/C11H6O3/c1-2-4-7-5-3-6-8-9(7)11(13)14-10(8)12/h3,5-6H,1H3. The summed E-state index contributed by atoms with van der Waals surface area (Å²) in [4.78, 5) is 22.4. The van der Waals surface area contributed by atoms with Crippen molar-refractivity contribution in [2.45, 2.75) is 6.92 Å². The number of carbonyl (C=O) groups is 2. The summed E-state index contributed by atoms with van der Waals surface area (Å²) in [6.07, 6.45) is 0. The highest BCUT2D eigenvalue weighted by atomic mass is 16.6. The Labute approximate surface area is 80.7 Å². The Bertz CT molecular complexity index is 489. The third kappa shape index (κ3) is 1.09. The minimum absolute atomic E-state index is 0.284. The predicted molar refractivity (Wildman–Crippen MR) is 48.7 cm³/mol. The summed E-state index contributed by atoms with van der Waals surface area (Å²) < 4.78 is 4.47. The fourth-order valence-corrected chi connectivity index (χ4v) is 1.37. The van der Waals surface area contributed by atoms with Crippen LogP contribution in [0.2, 0.25) is 0 Å². The van der Waals surface area contributed by atoms with Crippen LogP contribution in [-0.2, 0) is 4.74 Å². The molecule has 1 aromatic carbocycles. The van der Waals surface area contributed by atoms with E-state index < -0.39 is 11.9 Å². The first-order valence-corrected chi connectivity index (χ1v) is 4.06. The molecule has 0 radical (unpaired) electrons. The van der Waals surface area contributed by atoms with Gasteiger partial charge in [0.25, 0.3) is 0 Å². The van der Waals surface area contributed by atoms with Crippen LogP contribution < -0.4 is 0 Å². The summed E-state index contributed by atoms with van der Waals surface area (Å²) in [6.45, 7) is 1.67. The van der Waals surface area contributed by atoms with Crippen LogP contribution in [0.3, 0.4) is 0 Å². The number of ether oxygens (including phenoxy) is 1. The van der Waals surface area contributed by atoms with E-state index >= 15 is 0 Å². The van der Waals surface area contributed by atoms with E-state index in [2.05, 4.69) is 16.6 Å². The van der Waals surface area contributed by atoms with Crippen molar-refractivity contribution >= 4 is 11.9 Å². The van der Waals surface area contributed by atoms with Gasteiger partial charge in [-0.2, -0.15) is 0 Å². The van der Waals surface area contributed by atoms with E-state index in [4.69, 9.17) is 0 Å². The molecule has 1 aliphatic rings. The van der Waals surface area contributed by atoms with Crippen LogP contribution in [0.5, 0.6) is 0 Å². The Morgan fingerprint density at radius 2 is 2.00 bits per heavy atom. The average molecular weight is 186 g/mol. The van der Waals surface area contributed by atoms with E-state index in [1.807, 2.05) is 0 Å². The highest BCUT2D eigenvalue weighted by molar-refractivity contribution is 6.15. The topological polar surface area (TPSA) is 43.4 Å². The maximum absolute atomic E-state index is 11.3. The third-order valence-electron chi connectivity index (χ3n) is 1.93. The van der Waals surface area contributed by atoms with Gasteiger partial charge in [-0.15, -0.1) is 5.92 Å². The van der Waals surface area contributed by atoms with Crippen molar-refractivity contribution in [3.05, 3.63) is 34.9 Å². The molecule has 0 fully saturated rings. The molecule has 68 valence electrons. The molecular formula is C11H6O3. The zero-order valence-electron chi connectivity index (χ0n) is 7.46. The summed E-state index contributed by atoms with van der Waals surface area (Å²) in [5, 5.41) is 0. The quantitative estimate of drug-likeness (QED) is 0.349. The molecule has 1 aromatic rings. The van der Waals surface area contributed by atoms with Crippen molar-refractivity contribution in [3.63, 3.8) is 0 Å². The Morgan fingerprint density at radius 1 is 1.21 bits per heavy atom. The number of rotatable bonds is 0. The number of cyclic esters (lactones) is 2. The van der Waals surface area contributed by atoms with Gasteiger partial charge in [-0.25, -0.2) is 9.59 Å². The minimum atomic E-state index is -0.608. The van der Waals surface area contributed by atoms with Gasteiger partial charge < -0.3 is 4.74 Å². The molecule has 3 nitrogen and oxygen atoms in total. The van der Waals surface area contributed by atoms with E-state index in [1.54, 1.807) is 25.1 Å². The monoisotopic (exact) mass is 186 g/mol. The Balaban J connectivity index is 2.72. The van der Waals surface area contributed by atoms with Crippen molar-refractivity contribution in [2.75, 3.05) is 0 Å². The SMILES string of the molecule is CC#Cc1cccc2c1C(=O)OC2=O. The zero-order valence-corrected chi connectivity index (χ0v) is 7.46. The second-order valence-electron chi connectivity index (χ2n) is 2.78. The smallest absolute Gasteiger partial charge is 0.348 e. The molecular weight excluding hydrogens is 180 g/mol. The maximum Gasteiger partial charge on any atom is 0.348 e. The second-order valence-corrected chi connectivity index (χ2v) is 2.78. The fourth-order valence-electron chi connectivity index (χ4n) is 1.37. The summed E-state index contributed by atoms with van der Waals surface area (Å²) in [6, 6.07) is 4.93. The first-order valence-electron chi connectivity index (χ1n) is 4.06. The van der Waals surface area contributed by atoms with Gasteiger partial charge in [-0.3, -0.25) is 0 Å². The van der Waals surface area contributed by atoms with Crippen LogP contribution >= 0.6 is 0 Å². The molecule has 0 bridgehead atoms. The van der Waals surface area contributed by atoms with Gasteiger partial charge in [0.15, 0.2) is 0 Å². The highest BCUT2D eigenvalue weighted by Crippen LogP contribution is 2.22. The van der Waals surface area contributed by atoms with Crippen molar-refractivity contribution in [1.29, 1.82) is 0 Å². The molecule has 0 saturated carbocycles. The molecule has 3 heteroatoms. The average Bonchev–Trinajstić information content (AvgIpc) is 2.44. The summed E-state index contributed by atoms with van der Waals surface area (Å²) in [5.41, 5.74) is 1.13. The highest BCUT2D eigenvalue weighted by Gasteiger charge is 2.31. The molecule has 1 aliphatic heterocycles. The van der Waals surface area contributed by atoms with Gasteiger partial charge >= 0.3 is 11.9 Å². The lowest BCUT2D eigenvalue weighted by Gasteiger charge is -1.94.